The fourth-order valence-corrected chi connectivity index (χ4v) is 3.31. The van der Waals surface area contributed by atoms with Gasteiger partial charge >= 0.3 is 6.36 Å². The van der Waals surface area contributed by atoms with Crippen molar-refractivity contribution in [1.82, 2.24) is 24.9 Å². The van der Waals surface area contributed by atoms with Gasteiger partial charge in [0.1, 0.15) is 11.6 Å². The van der Waals surface area contributed by atoms with Crippen molar-refractivity contribution in [3.63, 3.8) is 0 Å². The number of pyridine rings is 1. The lowest BCUT2D eigenvalue weighted by molar-refractivity contribution is -0.274. The molecule has 0 aliphatic carbocycles. The molecular weight excluding hydrogens is 461 g/mol. The Kier molecular flexibility index (Phi) is 7.04. The predicted molar refractivity (Wildman–Crippen MR) is 124 cm³/mol. The van der Waals surface area contributed by atoms with Crippen molar-refractivity contribution in [3.8, 4) is 28.7 Å². The van der Waals surface area contributed by atoms with Gasteiger partial charge in [-0.25, -0.2) is 4.98 Å². The molecule has 8 nitrogen and oxygen atoms in total. The third kappa shape index (κ3) is 6.58. The number of hydrogen-bond acceptors (Lipinski definition) is 7. The molecule has 0 saturated heterocycles. The number of nitrogens with one attached hydrogen (secondary N) is 1. The average Bonchev–Trinajstić information content (AvgIpc) is 3.42. The third-order valence-corrected chi connectivity index (χ3v) is 5.16. The molecule has 4 rings (SSSR count). The van der Waals surface area contributed by atoms with Crippen LogP contribution in [0.4, 0.5) is 19.0 Å². The average molecular weight is 486 g/mol. The van der Waals surface area contributed by atoms with Gasteiger partial charge in [0.2, 0.25) is 5.82 Å². The number of hydrogen-bond donors (Lipinski definition) is 1. The molecule has 184 valence electrons. The highest BCUT2D eigenvalue weighted by Crippen LogP contribution is 2.27. The van der Waals surface area contributed by atoms with Crippen LogP contribution >= 0.6 is 0 Å². The fourth-order valence-electron chi connectivity index (χ4n) is 3.31. The zero-order valence-corrected chi connectivity index (χ0v) is 19.5. The molecule has 0 aliphatic rings. The van der Waals surface area contributed by atoms with Crippen LogP contribution in [-0.2, 0) is 6.54 Å². The smallest absolute Gasteiger partial charge is 0.406 e. The molecule has 3 heterocycles. The third-order valence-electron chi connectivity index (χ3n) is 5.16. The highest BCUT2D eigenvalue weighted by atomic mass is 19.4. The number of benzene rings is 1. The molecule has 11 heteroatoms. The lowest BCUT2D eigenvalue weighted by Gasteiger charge is -2.09. The van der Waals surface area contributed by atoms with Gasteiger partial charge in [-0.3, -0.25) is 4.68 Å². The highest BCUT2D eigenvalue weighted by Gasteiger charge is 2.31. The van der Waals surface area contributed by atoms with Crippen molar-refractivity contribution in [2.75, 3.05) is 11.9 Å². The molecule has 3 aromatic heterocycles. The second-order valence-corrected chi connectivity index (χ2v) is 8.48. The van der Waals surface area contributed by atoms with E-state index >= 15 is 0 Å². The maximum atomic E-state index is 12.3. The molecular formula is C24H25F3N6O2. The number of halogens is 3. The van der Waals surface area contributed by atoms with Crippen molar-refractivity contribution in [1.29, 1.82) is 0 Å². The van der Waals surface area contributed by atoms with E-state index in [1.54, 1.807) is 0 Å². The van der Waals surface area contributed by atoms with Gasteiger partial charge in [-0.05, 0) is 61.2 Å². The summed E-state index contributed by atoms with van der Waals surface area (Å²) >= 11 is 0. The molecule has 0 spiro atoms. The standard InChI is InChI=1S/C24H25F3N6O2/c1-15(2)10-11-28-21-9-4-17(13-29-21)14-33-16(3)12-20(31-33)23-30-22(32-35-23)18-5-7-19(8-6-18)34-24(25,26)27/h4-9,12-13,15H,10-11,14H2,1-3H3,(H,28,29). The Balaban J connectivity index is 1.42. The highest BCUT2D eigenvalue weighted by molar-refractivity contribution is 5.59. The summed E-state index contributed by atoms with van der Waals surface area (Å²) < 4.78 is 48.0. The molecule has 0 fully saturated rings. The minimum Gasteiger partial charge on any atom is -0.406 e. The molecule has 0 saturated carbocycles. The minimum absolute atomic E-state index is 0.209. The van der Waals surface area contributed by atoms with Crippen molar-refractivity contribution < 1.29 is 22.4 Å². The van der Waals surface area contributed by atoms with Crippen LogP contribution in [0.2, 0.25) is 0 Å². The largest absolute Gasteiger partial charge is 0.573 e. The lowest BCUT2D eigenvalue weighted by Crippen LogP contribution is -2.16. The molecule has 1 N–H and O–H groups in total. The van der Waals surface area contributed by atoms with Gasteiger partial charge < -0.3 is 14.6 Å². The van der Waals surface area contributed by atoms with Crippen LogP contribution in [0.25, 0.3) is 23.0 Å². The van der Waals surface area contributed by atoms with E-state index in [2.05, 4.69) is 44.1 Å². The summed E-state index contributed by atoms with van der Waals surface area (Å²) in [6.45, 7) is 7.68. The lowest BCUT2D eigenvalue weighted by atomic mass is 10.1. The Morgan fingerprint density at radius 3 is 2.54 bits per heavy atom. The van der Waals surface area contributed by atoms with Crippen LogP contribution in [0.5, 0.6) is 5.75 Å². The van der Waals surface area contributed by atoms with Gasteiger partial charge in [0.15, 0.2) is 5.69 Å². The first kappa shape index (κ1) is 24.2. The van der Waals surface area contributed by atoms with E-state index in [4.69, 9.17) is 4.52 Å². The van der Waals surface area contributed by atoms with Gasteiger partial charge in [0.05, 0.1) is 6.54 Å². The topological polar surface area (TPSA) is 90.9 Å². The maximum absolute atomic E-state index is 12.3. The van der Waals surface area contributed by atoms with Crippen LogP contribution in [0.1, 0.15) is 31.5 Å². The Hall–Kier alpha value is -3.89. The summed E-state index contributed by atoms with van der Waals surface area (Å²) in [5.74, 6) is 1.58. The van der Waals surface area contributed by atoms with E-state index in [0.29, 0.717) is 23.7 Å². The fraction of sp³-hybridized carbons (Fsp3) is 0.333. The van der Waals surface area contributed by atoms with Gasteiger partial charge in [-0.1, -0.05) is 25.1 Å². The van der Waals surface area contributed by atoms with Crippen molar-refractivity contribution in [2.45, 2.75) is 40.1 Å². The second kappa shape index (κ2) is 10.2. The zero-order chi connectivity index (χ0) is 25.0. The summed E-state index contributed by atoms with van der Waals surface area (Å²) in [5, 5.41) is 11.8. The molecule has 4 aromatic rings. The number of aryl methyl sites for hydroxylation is 1. The Labute approximate surface area is 200 Å². The van der Waals surface area contributed by atoms with Crippen molar-refractivity contribution in [3.05, 3.63) is 59.9 Å². The Morgan fingerprint density at radius 1 is 1.11 bits per heavy atom. The summed E-state index contributed by atoms with van der Waals surface area (Å²) in [6, 6.07) is 11.0. The zero-order valence-electron chi connectivity index (χ0n) is 19.5. The second-order valence-electron chi connectivity index (χ2n) is 8.48. The van der Waals surface area contributed by atoms with Crippen LogP contribution < -0.4 is 10.1 Å². The van der Waals surface area contributed by atoms with Crippen molar-refractivity contribution >= 4 is 5.82 Å². The van der Waals surface area contributed by atoms with Crippen LogP contribution in [0.15, 0.2) is 53.2 Å². The first-order valence-corrected chi connectivity index (χ1v) is 11.1. The van der Waals surface area contributed by atoms with E-state index in [-0.39, 0.29) is 17.5 Å². The van der Waals surface area contributed by atoms with Gasteiger partial charge in [-0.2, -0.15) is 10.1 Å². The van der Waals surface area contributed by atoms with Gasteiger partial charge in [0, 0.05) is 24.0 Å². The van der Waals surface area contributed by atoms with Crippen molar-refractivity contribution in [2.24, 2.45) is 5.92 Å². The molecule has 0 bridgehead atoms. The molecule has 0 radical (unpaired) electrons. The number of aromatic nitrogens is 5. The Bertz CT molecular complexity index is 1250. The number of alkyl halides is 3. The van der Waals surface area contributed by atoms with E-state index in [9.17, 15) is 13.2 Å². The van der Waals surface area contributed by atoms with Gasteiger partial charge in [-0.15, -0.1) is 13.2 Å². The summed E-state index contributed by atoms with van der Waals surface area (Å²) in [7, 11) is 0. The summed E-state index contributed by atoms with van der Waals surface area (Å²) in [6.07, 6.45) is -1.86. The molecule has 1 aromatic carbocycles. The summed E-state index contributed by atoms with van der Waals surface area (Å²) in [5.41, 5.74) is 2.87. The van der Waals surface area contributed by atoms with E-state index in [1.165, 1.54) is 24.3 Å². The van der Waals surface area contributed by atoms with E-state index in [1.807, 2.05) is 36.0 Å². The first-order chi connectivity index (χ1) is 16.7. The molecule has 35 heavy (non-hydrogen) atoms. The van der Waals surface area contributed by atoms with Gasteiger partial charge in [0.25, 0.3) is 5.89 Å². The number of rotatable bonds is 9. The normalized spacial score (nSPS) is 11.7. The Morgan fingerprint density at radius 2 is 1.89 bits per heavy atom. The van der Waals surface area contributed by atoms with E-state index in [0.717, 1.165) is 30.0 Å². The minimum atomic E-state index is -4.75. The van der Waals surface area contributed by atoms with Crippen LogP contribution in [0, 0.1) is 12.8 Å². The summed E-state index contributed by atoms with van der Waals surface area (Å²) in [4.78, 5) is 8.80. The molecule has 0 unspecified atom stereocenters. The van der Waals surface area contributed by atoms with Crippen LogP contribution in [-0.4, -0.2) is 37.8 Å². The quantitative estimate of drug-likeness (QED) is 0.324. The maximum Gasteiger partial charge on any atom is 0.573 e. The first-order valence-electron chi connectivity index (χ1n) is 11.1. The monoisotopic (exact) mass is 486 g/mol. The molecule has 0 atom stereocenters. The van der Waals surface area contributed by atoms with E-state index < -0.39 is 6.36 Å². The number of ether oxygens (including phenoxy) is 1. The van der Waals surface area contributed by atoms with Crippen LogP contribution in [0.3, 0.4) is 0 Å². The number of nitrogens with zero attached hydrogens (tertiary/aromatic N) is 5. The molecule has 0 aliphatic heterocycles. The SMILES string of the molecule is Cc1cc(-c2nc(-c3ccc(OC(F)(F)F)cc3)no2)nn1Cc1ccc(NCCC(C)C)nc1. The predicted octanol–water partition coefficient (Wildman–Crippen LogP) is 5.71. The molecule has 0 amide bonds. The number of anilines is 1.